The third kappa shape index (κ3) is 4.38. The molecule has 0 spiro atoms. The van der Waals surface area contributed by atoms with Crippen LogP contribution >= 0.6 is 0 Å². The largest absolute Gasteiger partial charge is 0.358 e. The van der Waals surface area contributed by atoms with Gasteiger partial charge in [0.2, 0.25) is 0 Å². The number of nitrogens with one attached hydrogen (secondary N) is 1. The van der Waals surface area contributed by atoms with Gasteiger partial charge < -0.3 is 5.32 Å². The Morgan fingerprint density at radius 3 is 1.02 bits per heavy atom. The first kappa shape index (κ1) is 27.3. The summed E-state index contributed by atoms with van der Waals surface area (Å²) in [5.74, 6) is 0. The molecule has 172 valence electrons. The molecule has 6 aromatic carbocycles. The van der Waals surface area contributed by atoms with Crippen LogP contribution in [0.3, 0.4) is 0 Å². The highest BCUT2D eigenvalue weighted by Gasteiger charge is 2.20. The summed E-state index contributed by atoms with van der Waals surface area (Å²) in [6.45, 7) is 0. The predicted octanol–water partition coefficient (Wildman–Crippen LogP) is -0.579. The van der Waals surface area contributed by atoms with E-state index in [1.54, 1.807) is 0 Å². The summed E-state index contributed by atoms with van der Waals surface area (Å²) in [5, 5.41) is 7.14. The second kappa shape index (κ2) is 10.5. The molecule has 6 rings (SSSR count). The van der Waals surface area contributed by atoms with Crippen LogP contribution in [0.15, 0.2) is 84.9 Å². The monoisotopic (exact) mass is 501 g/mol. The van der Waals surface area contributed by atoms with Gasteiger partial charge in [-0.15, -0.1) is 0 Å². The molecule has 9 heteroatoms. The number of hydrogen-bond donors (Lipinski definition) is 1. The van der Waals surface area contributed by atoms with Gasteiger partial charge in [0.1, 0.15) is 62.8 Å². The number of rotatable bonds is 4. The second-order valence-corrected chi connectivity index (χ2v) is 9.99. The minimum atomic E-state index is 0.189. The van der Waals surface area contributed by atoms with Gasteiger partial charge in [-0.1, -0.05) is 129 Å². The zero-order chi connectivity index (χ0) is 29.0. The van der Waals surface area contributed by atoms with Crippen LogP contribution in [0.5, 0.6) is 0 Å². The van der Waals surface area contributed by atoms with Crippen LogP contribution in [0.25, 0.3) is 43.8 Å². The molecule has 0 saturated carbocycles. The molecule has 0 aliphatic rings. The zero-order valence-electron chi connectivity index (χ0n) is 22.2. The maximum Gasteiger partial charge on any atom is 0.115 e. The van der Waals surface area contributed by atoms with Crippen molar-refractivity contribution < 1.29 is 0 Å². The summed E-state index contributed by atoms with van der Waals surface area (Å²) in [4.78, 5) is 0. The lowest BCUT2D eigenvalue weighted by molar-refractivity contribution is 1.67. The van der Waals surface area contributed by atoms with Crippen LogP contribution in [0.1, 0.15) is 0 Å². The van der Waals surface area contributed by atoms with E-state index in [9.17, 15) is 0 Å². The van der Waals surface area contributed by atoms with Gasteiger partial charge in [-0.25, -0.2) is 0 Å². The van der Waals surface area contributed by atoms with E-state index in [4.69, 9.17) is 62.8 Å². The highest BCUT2D eigenvalue weighted by atomic mass is 14.9. The van der Waals surface area contributed by atoms with E-state index in [2.05, 4.69) is 5.32 Å². The Kier molecular flexibility index (Phi) is 7.02. The van der Waals surface area contributed by atoms with Crippen molar-refractivity contribution in [1.29, 1.82) is 0 Å². The molecule has 0 unspecified atom stereocenters. The van der Waals surface area contributed by atoms with Gasteiger partial charge >= 0.3 is 0 Å². The van der Waals surface area contributed by atoms with Crippen LogP contribution in [-0.2, 0) is 0 Å². The minimum absolute atomic E-state index is 0.189. The number of anilines is 2. The molecule has 41 heavy (non-hydrogen) atoms. The van der Waals surface area contributed by atoms with E-state index >= 15 is 0 Å². The normalized spacial score (nSPS) is 11.2. The van der Waals surface area contributed by atoms with Crippen molar-refractivity contribution in [3.05, 3.63) is 84.9 Å². The summed E-state index contributed by atoms with van der Waals surface area (Å²) in [6.07, 6.45) is 0. The first-order valence-corrected chi connectivity index (χ1v) is 13.0. The molecule has 0 bridgehead atoms. The quantitative estimate of drug-likeness (QED) is 0.320. The molecule has 1 N–H and O–H groups in total. The molecule has 0 fully saturated rings. The van der Waals surface area contributed by atoms with Crippen LogP contribution < -0.4 is 49.0 Å². The Morgan fingerprint density at radius 1 is 0.341 bits per heavy atom. The first-order chi connectivity index (χ1) is 19.7. The molecule has 6 aromatic rings. The average molecular weight is 500 g/mol. The van der Waals surface area contributed by atoms with E-state index in [-0.39, 0.29) is 55.1 Å². The van der Waals surface area contributed by atoms with Crippen molar-refractivity contribution in [1.82, 2.24) is 0 Å². The smallest absolute Gasteiger partial charge is 0.115 e. The predicted molar refractivity (Wildman–Crippen MR) is 185 cm³/mol. The topological polar surface area (TPSA) is 12.0 Å². The molecule has 0 aromatic heterocycles. The third-order valence-electron chi connectivity index (χ3n) is 7.68. The maximum atomic E-state index is 6.61. The SMILES string of the molecule is [B]c1c([B])c(-c2cccc3ccccc23)c([B])c([B])c1Nc1c([B])c([B])c(-c2cccc3ccccc23)c([B])c1[B]. The fourth-order valence-electron chi connectivity index (χ4n) is 5.52. The number of fused-ring (bicyclic) bond motifs is 2. The fraction of sp³-hybridized carbons (Fsp3) is 0. The summed E-state index contributed by atoms with van der Waals surface area (Å²) in [7, 11) is 52.7. The first-order valence-electron chi connectivity index (χ1n) is 13.0. The van der Waals surface area contributed by atoms with Crippen LogP contribution in [0, 0.1) is 0 Å². The zero-order valence-corrected chi connectivity index (χ0v) is 22.2. The highest BCUT2D eigenvalue weighted by molar-refractivity contribution is 6.65. The van der Waals surface area contributed by atoms with Gasteiger partial charge in [0.25, 0.3) is 0 Å². The van der Waals surface area contributed by atoms with E-state index in [0.29, 0.717) is 11.1 Å². The highest BCUT2D eigenvalue weighted by Crippen LogP contribution is 2.28. The summed E-state index contributed by atoms with van der Waals surface area (Å²) in [5.41, 5.74) is 5.07. The Bertz CT molecular complexity index is 1810. The van der Waals surface area contributed by atoms with E-state index in [1.807, 2.05) is 84.9 Å². The lowest BCUT2D eigenvalue weighted by Gasteiger charge is -2.28. The standard InChI is InChI=1S/C32H15B8N/c33-23-21(19-13-5-9-15-7-1-3-11-17(15)19)24(34)28(38)31(27(23)37)41-32-29(39)25(35)22(26(36)30(32)40)20-14-6-10-16-8-2-4-12-18(16)20/h1-14,41H. The summed E-state index contributed by atoms with van der Waals surface area (Å²) >= 11 is 0. The summed E-state index contributed by atoms with van der Waals surface area (Å²) < 4.78 is 0. The fourth-order valence-corrected chi connectivity index (χ4v) is 5.52. The minimum Gasteiger partial charge on any atom is -0.358 e. The van der Waals surface area contributed by atoms with E-state index in [1.165, 1.54) is 0 Å². The number of benzene rings is 6. The maximum absolute atomic E-state index is 6.61. The van der Waals surface area contributed by atoms with Crippen molar-refractivity contribution in [2.45, 2.75) is 0 Å². The molecular weight excluding hydrogens is 485 g/mol. The number of hydrogen-bond acceptors (Lipinski definition) is 1. The molecule has 1 nitrogen and oxygen atoms in total. The van der Waals surface area contributed by atoms with Crippen molar-refractivity contribution in [3.63, 3.8) is 0 Å². The Morgan fingerprint density at radius 2 is 0.659 bits per heavy atom. The van der Waals surface area contributed by atoms with Crippen LogP contribution in [0.4, 0.5) is 11.4 Å². The third-order valence-corrected chi connectivity index (χ3v) is 7.68. The Balaban J connectivity index is 1.51. The molecule has 0 amide bonds. The van der Waals surface area contributed by atoms with Gasteiger partial charge in [-0.05, 0) is 43.8 Å². The molecule has 0 aliphatic heterocycles. The lowest BCUT2D eigenvalue weighted by Crippen LogP contribution is -2.48. The van der Waals surface area contributed by atoms with E-state index < -0.39 is 0 Å². The van der Waals surface area contributed by atoms with Crippen molar-refractivity contribution in [3.8, 4) is 22.3 Å². The molecule has 16 radical (unpaired) electrons. The van der Waals surface area contributed by atoms with Crippen molar-refractivity contribution in [2.24, 2.45) is 0 Å². The Labute approximate surface area is 251 Å². The lowest BCUT2D eigenvalue weighted by atomic mass is 9.63. The summed E-state index contributed by atoms with van der Waals surface area (Å²) in [6, 6.07) is 27.6. The van der Waals surface area contributed by atoms with Gasteiger partial charge in [-0.2, -0.15) is 0 Å². The van der Waals surface area contributed by atoms with Crippen molar-refractivity contribution in [2.75, 3.05) is 5.32 Å². The molecule has 0 heterocycles. The molecular formula is C32H15B8N. The van der Waals surface area contributed by atoms with Gasteiger partial charge in [0.05, 0.1) is 0 Å². The molecule has 0 atom stereocenters. The van der Waals surface area contributed by atoms with Crippen LogP contribution in [-0.4, -0.2) is 62.8 Å². The van der Waals surface area contributed by atoms with Gasteiger partial charge in [0, 0.05) is 11.4 Å². The van der Waals surface area contributed by atoms with E-state index in [0.717, 1.165) is 32.7 Å². The molecule has 0 aliphatic carbocycles. The Hall–Kier alpha value is -3.84. The van der Waals surface area contributed by atoms with Crippen LogP contribution in [0.2, 0.25) is 0 Å². The van der Waals surface area contributed by atoms with Crippen molar-refractivity contribution >= 4 is 139 Å². The average Bonchev–Trinajstić information content (AvgIpc) is 2.99. The van der Waals surface area contributed by atoms with Gasteiger partial charge in [-0.3, -0.25) is 0 Å². The second-order valence-electron chi connectivity index (χ2n) is 9.99. The van der Waals surface area contributed by atoms with Gasteiger partial charge in [0.15, 0.2) is 0 Å². The molecule has 0 saturated heterocycles.